The zero-order chi connectivity index (χ0) is 10.9. The summed E-state index contributed by atoms with van der Waals surface area (Å²) in [6, 6.07) is 0. The van der Waals surface area contributed by atoms with Gasteiger partial charge in [0.2, 0.25) is 0 Å². The molecule has 0 aromatic heterocycles. The Kier molecular flexibility index (Phi) is 3.02. The van der Waals surface area contributed by atoms with Crippen molar-refractivity contribution in [2.75, 3.05) is 0 Å². The Morgan fingerprint density at radius 3 is 1.85 bits per heavy atom. The van der Waals surface area contributed by atoms with Gasteiger partial charge in [-0.05, 0) is 20.8 Å². The van der Waals surface area contributed by atoms with Crippen LogP contribution in [-0.2, 0) is 14.3 Å². The summed E-state index contributed by atoms with van der Waals surface area (Å²) in [6.45, 7) is 4.76. The van der Waals surface area contributed by atoms with Crippen molar-refractivity contribution in [3.63, 3.8) is 0 Å². The number of esters is 1. The fourth-order valence-corrected chi connectivity index (χ4v) is 0.450. The van der Waals surface area contributed by atoms with Crippen molar-refractivity contribution in [2.24, 2.45) is 11.5 Å². The number of carbonyl (C=O) groups excluding carboxylic acids is 1. The molecule has 0 aliphatic carbocycles. The molecular weight excluding hydrogens is 176 g/mol. The number of carboxylic acids is 1. The first-order valence-corrected chi connectivity index (χ1v) is 3.62. The van der Waals surface area contributed by atoms with E-state index in [1.807, 2.05) is 0 Å². The predicted octanol–water partition coefficient (Wildman–Crippen LogP) is -0.974. The van der Waals surface area contributed by atoms with Crippen molar-refractivity contribution in [1.29, 1.82) is 0 Å². The molecule has 13 heavy (non-hydrogen) atoms. The summed E-state index contributed by atoms with van der Waals surface area (Å²) in [6.07, 6.45) is 0. The first-order valence-electron chi connectivity index (χ1n) is 3.62. The van der Waals surface area contributed by atoms with E-state index in [0.29, 0.717) is 0 Å². The maximum Gasteiger partial charge on any atom is 0.353 e. The molecule has 0 saturated carbocycles. The Morgan fingerprint density at radius 2 is 1.62 bits per heavy atom. The molecule has 0 aliphatic heterocycles. The van der Waals surface area contributed by atoms with Crippen molar-refractivity contribution < 1.29 is 19.4 Å². The minimum absolute atomic E-state index is 0.809. The molecule has 6 nitrogen and oxygen atoms in total. The molecule has 0 spiro atoms. The lowest BCUT2D eigenvalue weighted by Gasteiger charge is -2.25. The van der Waals surface area contributed by atoms with Gasteiger partial charge >= 0.3 is 11.9 Å². The molecule has 0 rings (SSSR count). The summed E-state index contributed by atoms with van der Waals surface area (Å²) in [5.41, 5.74) is 6.74. The van der Waals surface area contributed by atoms with Crippen LogP contribution in [0.4, 0.5) is 0 Å². The van der Waals surface area contributed by atoms with Gasteiger partial charge in [0, 0.05) is 0 Å². The minimum Gasteiger partial charge on any atom is -0.478 e. The van der Waals surface area contributed by atoms with Gasteiger partial charge < -0.3 is 9.84 Å². The summed E-state index contributed by atoms with van der Waals surface area (Å²) in [5, 5.41) is 8.46. The van der Waals surface area contributed by atoms with Gasteiger partial charge in [-0.3, -0.25) is 11.5 Å². The van der Waals surface area contributed by atoms with Crippen molar-refractivity contribution >= 4 is 11.9 Å². The molecule has 5 N–H and O–H groups in total. The largest absolute Gasteiger partial charge is 0.478 e. The molecule has 0 amide bonds. The number of carboxylic acid groups (broad SMARTS) is 1. The normalized spacial score (nSPS) is 12.4. The lowest BCUT2D eigenvalue weighted by molar-refractivity contribution is -0.168. The molecule has 0 aromatic carbocycles. The van der Waals surface area contributed by atoms with Gasteiger partial charge in [-0.15, -0.1) is 0 Å². The van der Waals surface area contributed by atoms with Gasteiger partial charge in [-0.1, -0.05) is 0 Å². The molecule has 0 aromatic rings. The smallest absolute Gasteiger partial charge is 0.353 e. The Bertz CT molecular complexity index is 229. The van der Waals surface area contributed by atoms with Crippen LogP contribution in [0.3, 0.4) is 0 Å². The van der Waals surface area contributed by atoms with Crippen molar-refractivity contribution in [3.05, 3.63) is 0 Å². The van der Waals surface area contributed by atoms with E-state index in [4.69, 9.17) is 21.3 Å². The zero-order valence-electron chi connectivity index (χ0n) is 7.83. The molecular formula is C7H14N2O4. The van der Waals surface area contributed by atoms with Crippen LogP contribution in [-0.4, -0.2) is 28.3 Å². The lowest BCUT2D eigenvalue weighted by Crippen LogP contribution is -2.64. The maximum absolute atomic E-state index is 11.1. The second-order valence-electron chi connectivity index (χ2n) is 3.68. The fraction of sp³-hybridized carbons (Fsp3) is 0.714. The third-order valence-electron chi connectivity index (χ3n) is 1.09. The van der Waals surface area contributed by atoms with Crippen LogP contribution in [0.2, 0.25) is 0 Å². The summed E-state index contributed by atoms with van der Waals surface area (Å²) in [4.78, 5) is 21.5. The van der Waals surface area contributed by atoms with E-state index in [-0.39, 0.29) is 0 Å². The SMILES string of the molecule is CC(C)(C)OC(=O)C(N)(N)C(=O)O. The lowest BCUT2D eigenvalue weighted by atomic mass is 10.1. The number of nitrogens with two attached hydrogens (primary N) is 2. The van der Waals surface area contributed by atoms with Crippen LogP contribution < -0.4 is 11.5 Å². The first-order chi connectivity index (χ1) is 5.57. The zero-order valence-corrected chi connectivity index (χ0v) is 7.83. The van der Waals surface area contributed by atoms with Crippen molar-refractivity contribution in [1.82, 2.24) is 0 Å². The molecule has 0 radical (unpaired) electrons. The quantitative estimate of drug-likeness (QED) is 0.293. The number of hydrogen-bond acceptors (Lipinski definition) is 5. The van der Waals surface area contributed by atoms with Gasteiger partial charge in [-0.25, -0.2) is 9.59 Å². The van der Waals surface area contributed by atoms with E-state index in [1.54, 1.807) is 20.8 Å². The average molecular weight is 190 g/mol. The molecule has 0 aliphatic rings. The Hall–Kier alpha value is -1.14. The molecule has 0 atom stereocenters. The monoisotopic (exact) mass is 190 g/mol. The molecule has 6 heteroatoms. The Labute approximate surface area is 75.8 Å². The third kappa shape index (κ3) is 3.39. The van der Waals surface area contributed by atoms with Gasteiger partial charge in [0.1, 0.15) is 5.60 Å². The van der Waals surface area contributed by atoms with Crippen LogP contribution in [0.1, 0.15) is 20.8 Å². The highest BCUT2D eigenvalue weighted by Crippen LogP contribution is 2.10. The van der Waals surface area contributed by atoms with E-state index < -0.39 is 23.2 Å². The molecule has 0 saturated heterocycles. The third-order valence-corrected chi connectivity index (χ3v) is 1.09. The van der Waals surface area contributed by atoms with E-state index in [2.05, 4.69) is 0 Å². The second kappa shape index (κ2) is 3.31. The van der Waals surface area contributed by atoms with Crippen LogP contribution in [0.15, 0.2) is 0 Å². The van der Waals surface area contributed by atoms with Gasteiger partial charge in [0.25, 0.3) is 5.66 Å². The fourth-order valence-electron chi connectivity index (χ4n) is 0.450. The topological polar surface area (TPSA) is 116 Å². The maximum atomic E-state index is 11.1. The number of hydrogen-bond donors (Lipinski definition) is 3. The standard InChI is InChI=1S/C7H14N2O4/c1-6(2,3)13-5(12)7(8,9)4(10)11/h8-9H2,1-3H3,(H,10,11). The number of carbonyl (C=O) groups is 2. The summed E-state index contributed by atoms with van der Waals surface area (Å²) in [5.74, 6) is -2.78. The van der Waals surface area contributed by atoms with Crippen LogP contribution in [0.5, 0.6) is 0 Å². The van der Waals surface area contributed by atoms with E-state index in [0.717, 1.165) is 0 Å². The van der Waals surface area contributed by atoms with Crippen LogP contribution in [0.25, 0.3) is 0 Å². The minimum atomic E-state index is -2.48. The number of rotatable bonds is 2. The molecule has 0 heterocycles. The van der Waals surface area contributed by atoms with Gasteiger partial charge in [0.05, 0.1) is 0 Å². The van der Waals surface area contributed by atoms with E-state index in [9.17, 15) is 9.59 Å². The van der Waals surface area contributed by atoms with E-state index >= 15 is 0 Å². The molecule has 0 bridgehead atoms. The van der Waals surface area contributed by atoms with Gasteiger partial charge in [-0.2, -0.15) is 0 Å². The van der Waals surface area contributed by atoms with Crippen molar-refractivity contribution in [3.8, 4) is 0 Å². The summed E-state index contributed by atoms with van der Waals surface area (Å²) < 4.78 is 4.69. The number of ether oxygens (including phenoxy) is 1. The molecule has 76 valence electrons. The van der Waals surface area contributed by atoms with Gasteiger partial charge in [0.15, 0.2) is 0 Å². The highest BCUT2D eigenvalue weighted by molar-refractivity contribution is 6.02. The average Bonchev–Trinajstić information content (AvgIpc) is 1.82. The predicted molar refractivity (Wildman–Crippen MR) is 44.6 cm³/mol. The van der Waals surface area contributed by atoms with Crippen molar-refractivity contribution in [2.45, 2.75) is 32.0 Å². The number of aliphatic carboxylic acids is 1. The Balaban J connectivity index is 4.53. The molecule has 0 unspecified atom stereocenters. The second-order valence-corrected chi connectivity index (χ2v) is 3.68. The first kappa shape index (κ1) is 11.9. The highest BCUT2D eigenvalue weighted by Gasteiger charge is 2.41. The highest BCUT2D eigenvalue weighted by atomic mass is 16.6. The summed E-state index contributed by atoms with van der Waals surface area (Å²) in [7, 11) is 0. The van der Waals surface area contributed by atoms with Crippen LogP contribution in [0, 0.1) is 0 Å². The summed E-state index contributed by atoms with van der Waals surface area (Å²) >= 11 is 0. The van der Waals surface area contributed by atoms with E-state index in [1.165, 1.54) is 0 Å². The Morgan fingerprint density at radius 1 is 1.23 bits per heavy atom. The molecule has 0 fully saturated rings. The van der Waals surface area contributed by atoms with Crippen LogP contribution >= 0.6 is 0 Å².